The molecule has 0 aromatic heterocycles. The lowest BCUT2D eigenvalue weighted by Crippen LogP contribution is -2.04. The lowest BCUT2D eigenvalue weighted by atomic mass is 10.2. The normalized spacial score (nSPS) is 9.65. The summed E-state index contributed by atoms with van der Waals surface area (Å²) in [6, 6.07) is 6.81. The number of benzene rings is 1. The number of nitrogens with zero attached hydrogens (tertiary/aromatic N) is 1. The van der Waals surface area contributed by atoms with Gasteiger partial charge in [-0.3, -0.25) is 4.79 Å². The quantitative estimate of drug-likeness (QED) is 0.299. The Labute approximate surface area is 98.3 Å². The third-order valence-electron chi connectivity index (χ3n) is 2.00. The standard InChI is InChI=1S/C11H13NO5/c13-9-10-4-3-5-11(8-10)16-6-1-2-7-17-12(14)15/h3-5,8-9H,1-2,6-7H2. The fourth-order valence-electron chi connectivity index (χ4n) is 1.21. The van der Waals surface area contributed by atoms with Crippen LogP contribution in [0, 0.1) is 10.1 Å². The Morgan fingerprint density at radius 2 is 2.06 bits per heavy atom. The number of carbonyl (C=O) groups is 1. The zero-order chi connectivity index (χ0) is 12.5. The van der Waals surface area contributed by atoms with E-state index in [9.17, 15) is 14.9 Å². The van der Waals surface area contributed by atoms with Crippen LogP contribution in [-0.2, 0) is 4.84 Å². The highest BCUT2D eigenvalue weighted by atomic mass is 16.9. The van der Waals surface area contributed by atoms with Crippen LogP contribution in [0.15, 0.2) is 24.3 Å². The molecule has 0 saturated carbocycles. The van der Waals surface area contributed by atoms with Crippen LogP contribution in [0.25, 0.3) is 0 Å². The van der Waals surface area contributed by atoms with Crippen molar-refractivity contribution in [2.45, 2.75) is 12.8 Å². The second kappa shape index (κ2) is 7.21. The van der Waals surface area contributed by atoms with Crippen molar-refractivity contribution in [2.75, 3.05) is 13.2 Å². The number of rotatable bonds is 8. The largest absolute Gasteiger partial charge is 0.494 e. The van der Waals surface area contributed by atoms with Gasteiger partial charge in [0.05, 0.1) is 13.2 Å². The molecule has 0 aliphatic heterocycles. The summed E-state index contributed by atoms with van der Waals surface area (Å²) in [5, 5.41) is 9.03. The van der Waals surface area contributed by atoms with Gasteiger partial charge in [-0.2, -0.15) is 0 Å². The Balaban J connectivity index is 2.17. The van der Waals surface area contributed by atoms with E-state index in [1.54, 1.807) is 24.3 Å². The summed E-state index contributed by atoms with van der Waals surface area (Å²) < 4.78 is 5.37. The molecule has 0 aliphatic carbocycles. The van der Waals surface area contributed by atoms with Gasteiger partial charge in [-0.05, 0) is 25.0 Å². The summed E-state index contributed by atoms with van der Waals surface area (Å²) >= 11 is 0. The number of unbranched alkanes of at least 4 members (excludes halogenated alkanes) is 1. The van der Waals surface area contributed by atoms with E-state index in [-0.39, 0.29) is 6.61 Å². The molecule has 1 rings (SSSR count). The van der Waals surface area contributed by atoms with E-state index in [0.717, 1.165) is 6.29 Å². The maximum Gasteiger partial charge on any atom is 0.294 e. The summed E-state index contributed by atoms with van der Waals surface area (Å²) in [6.45, 7) is 0.508. The third kappa shape index (κ3) is 5.50. The zero-order valence-corrected chi connectivity index (χ0v) is 9.20. The van der Waals surface area contributed by atoms with Crippen LogP contribution in [0.2, 0.25) is 0 Å². The highest BCUT2D eigenvalue weighted by molar-refractivity contribution is 5.75. The van der Waals surface area contributed by atoms with Gasteiger partial charge in [0.2, 0.25) is 0 Å². The Bertz CT molecular complexity index is 380. The Kier molecular flexibility index (Phi) is 5.50. The van der Waals surface area contributed by atoms with Crippen LogP contribution in [0.4, 0.5) is 0 Å². The average molecular weight is 239 g/mol. The SMILES string of the molecule is O=Cc1cccc(OCCCCO[N+](=O)[O-])c1. The maximum atomic E-state index is 10.5. The third-order valence-corrected chi connectivity index (χ3v) is 2.00. The molecule has 92 valence electrons. The van der Waals surface area contributed by atoms with Crippen molar-refractivity contribution < 1.29 is 19.5 Å². The van der Waals surface area contributed by atoms with Crippen molar-refractivity contribution >= 4 is 6.29 Å². The first-order valence-electron chi connectivity index (χ1n) is 5.17. The monoisotopic (exact) mass is 239 g/mol. The lowest BCUT2D eigenvalue weighted by molar-refractivity contribution is -0.757. The summed E-state index contributed by atoms with van der Waals surface area (Å²) in [6.07, 6.45) is 1.95. The van der Waals surface area contributed by atoms with Crippen molar-refractivity contribution in [1.29, 1.82) is 0 Å². The molecular weight excluding hydrogens is 226 g/mol. The van der Waals surface area contributed by atoms with Gasteiger partial charge in [0, 0.05) is 5.56 Å². The van der Waals surface area contributed by atoms with E-state index in [4.69, 9.17) is 4.74 Å². The molecule has 17 heavy (non-hydrogen) atoms. The molecule has 0 spiro atoms. The van der Waals surface area contributed by atoms with Gasteiger partial charge >= 0.3 is 0 Å². The minimum Gasteiger partial charge on any atom is -0.494 e. The van der Waals surface area contributed by atoms with Gasteiger partial charge in [0.1, 0.15) is 12.0 Å². The second-order valence-corrected chi connectivity index (χ2v) is 3.30. The summed E-state index contributed by atoms with van der Waals surface area (Å²) in [5.74, 6) is 0.616. The number of ether oxygens (including phenoxy) is 1. The van der Waals surface area contributed by atoms with Gasteiger partial charge < -0.3 is 9.57 Å². The minimum atomic E-state index is -0.811. The van der Waals surface area contributed by atoms with Crippen LogP contribution in [0.5, 0.6) is 5.75 Å². The van der Waals surface area contributed by atoms with Crippen molar-refractivity contribution in [1.82, 2.24) is 0 Å². The maximum absolute atomic E-state index is 10.5. The van der Waals surface area contributed by atoms with Crippen molar-refractivity contribution in [3.63, 3.8) is 0 Å². The molecule has 0 N–H and O–H groups in total. The summed E-state index contributed by atoms with van der Waals surface area (Å²) in [7, 11) is 0. The molecule has 6 nitrogen and oxygen atoms in total. The summed E-state index contributed by atoms with van der Waals surface area (Å²) in [4.78, 5) is 24.5. The molecule has 0 aliphatic rings. The number of hydrogen-bond acceptors (Lipinski definition) is 5. The van der Waals surface area contributed by atoms with E-state index < -0.39 is 5.09 Å². The van der Waals surface area contributed by atoms with E-state index in [0.29, 0.717) is 30.8 Å². The van der Waals surface area contributed by atoms with Crippen molar-refractivity contribution in [2.24, 2.45) is 0 Å². The van der Waals surface area contributed by atoms with E-state index >= 15 is 0 Å². The van der Waals surface area contributed by atoms with Gasteiger partial charge in [-0.15, -0.1) is 10.1 Å². The fourth-order valence-corrected chi connectivity index (χ4v) is 1.21. The zero-order valence-electron chi connectivity index (χ0n) is 9.20. The highest BCUT2D eigenvalue weighted by Crippen LogP contribution is 2.12. The molecule has 0 unspecified atom stereocenters. The van der Waals surface area contributed by atoms with Gasteiger partial charge in [0.15, 0.2) is 0 Å². The molecule has 0 bridgehead atoms. The van der Waals surface area contributed by atoms with Gasteiger partial charge in [-0.25, -0.2) is 0 Å². The predicted molar refractivity (Wildman–Crippen MR) is 59.5 cm³/mol. The highest BCUT2D eigenvalue weighted by Gasteiger charge is 1.97. The Hall–Kier alpha value is -2.11. The van der Waals surface area contributed by atoms with Crippen LogP contribution >= 0.6 is 0 Å². The summed E-state index contributed by atoms with van der Waals surface area (Å²) in [5.41, 5.74) is 0.555. The van der Waals surface area contributed by atoms with Gasteiger partial charge in [0.25, 0.3) is 5.09 Å². The molecule has 0 radical (unpaired) electrons. The molecule has 0 amide bonds. The first-order chi connectivity index (χ1) is 8.22. The van der Waals surface area contributed by atoms with E-state index in [1.807, 2.05) is 0 Å². The van der Waals surface area contributed by atoms with Crippen LogP contribution in [-0.4, -0.2) is 24.6 Å². The van der Waals surface area contributed by atoms with E-state index in [2.05, 4.69) is 4.84 Å². The molecule has 1 aromatic rings. The molecule has 0 heterocycles. The first-order valence-corrected chi connectivity index (χ1v) is 5.17. The molecule has 0 fully saturated rings. The van der Waals surface area contributed by atoms with Crippen LogP contribution in [0.1, 0.15) is 23.2 Å². The molecule has 6 heteroatoms. The second-order valence-electron chi connectivity index (χ2n) is 3.30. The first kappa shape index (κ1) is 13.0. The molecule has 0 atom stereocenters. The predicted octanol–water partition coefficient (Wildman–Crippen LogP) is 1.87. The molecule has 1 aromatic carbocycles. The fraction of sp³-hybridized carbons (Fsp3) is 0.364. The Morgan fingerprint density at radius 1 is 1.29 bits per heavy atom. The number of carbonyl (C=O) groups excluding carboxylic acids is 1. The smallest absolute Gasteiger partial charge is 0.294 e. The lowest BCUT2D eigenvalue weighted by Gasteiger charge is -2.05. The number of hydrogen-bond donors (Lipinski definition) is 0. The number of aldehydes is 1. The van der Waals surface area contributed by atoms with E-state index in [1.165, 1.54) is 0 Å². The molecule has 0 saturated heterocycles. The average Bonchev–Trinajstić information content (AvgIpc) is 2.33. The molecular formula is C11H13NO5. The van der Waals surface area contributed by atoms with Gasteiger partial charge in [-0.1, -0.05) is 12.1 Å². The Morgan fingerprint density at radius 3 is 2.76 bits per heavy atom. The van der Waals surface area contributed by atoms with Crippen molar-refractivity contribution in [3.8, 4) is 5.75 Å². The van der Waals surface area contributed by atoms with Crippen LogP contribution < -0.4 is 4.74 Å². The topological polar surface area (TPSA) is 78.7 Å². The van der Waals surface area contributed by atoms with Crippen LogP contribution in [0.3, 0.4) is 0 Å². The van der Waals surface area contributed by atoms with Crippen molar-refractivity contribution in [3.05, 3.63) is 39.9 Å². The minimum absolute atomic E-state index is 0.0741.